The Hall–Kier alpha value is -2.37. The topological polar surface area (TPSA) is 28.7 Å². The van der Waals surface area contributed by atoms with Crippen molar-refractivity contribution in [2.75, 3.05) is 0 Å². The smallest absolute Gasteiger partial charge is 0.339 e. The van der Waals surface area contributed by atoms with Crippen LogP contribution in [-0.4, -0.2) is 16.1 Å². The summed E-state index contributed by atoms with van der Waals surface area (Å²) in [5, 5.41) is 0. The zero-order valence-corrected chi connectivity index (χ0v) is 11.4. The first-order valence-electron chi connectivity index (χ1n) is 6.67. The van der Waals surface area contributed by atoms with Gasteiger partial charge in [0.15, 0.2) is 5.82 Å². The Morgan fingerprint density at radius 2 is 1.73 bits per heavy atom. The lowest BCUT2D eigenvalue weighted by Gasteiger charge is -2.08. The van der Waals surface area contributed by atoms with Crippen molar-refractivity contribution in [2.45, 2.75) is 18.8 Å². The van der Waals surface area contributed by atoms with Gasteiger partial charge in [0, 0.05) is 0 Å². The van der Waals surface area contributed by atoms with E-state index < -0.39 is 18.2 Å². The second-order valence-electron chi connectivity index (χ2n) is 5.00. The second-order valence-corrected chi connectivity index (χ2v) is 5.00. The first-order chi connectivity index (χ1) is 10.4. The van der Waals surface area contributed by atoms with Crippen LogP contribution in [0.1, 0.15) is 23.1 Å². The number of rotatable bonds is 3. The Morgan fingerprint density at radius 1 is 1.00 bits per heavy atom. The van der Waals surface area contributed by atoms with Crippen LogP contribution in [0.4, 0.5) is 17.6 Å². The van der Waals surface area contributed by atoms with Crippen LogP contribution in [0.5, 0.6) is 0 Å². The molecule has 2 aromatic carbocycles. The number of fused-ring (bicyclic) bond motifs is 1. The van der Waals surface area contributed by atoms with Crippen LogP contribution >= 0.6 is 0 Å². The first-order valence-corrected chi connectivity index (χ1v) is 6.67. The number of nitrogens with zero attached hydrogens (tertiary/aromatic N) is 1. The number of hydrogen-bond acceptors (Lipinski definition) is 1. The summed E-state index contributed by atoms with van der Waals surface area (Å²) in [6, 6.07) is 14.6. The molecule has 22 heavy (non-hydrogen) atoms. The number of para-hydroxylation sites is 1. The van der Waals surface area contributed by atoms with Crippen LogP contribution in [0.2, 0.25) is 0 Å². The van der Waals surface area contributed by atoms with Crippen LogP contribution in [-0.2, 0) is 6.42 Å². The molecule has 0 aliphatic rings. The molecular weight excluding hydrogens is 296 g/mol. The molecule has 0 aliphatic heterocycles. The van der Waals surface area contributed by atoms with Crippen molar-refractivity contribution < 1.29 is 17.6 Å². The monoisotopic (exact) mass is 308 g/mol. The van der Waals surface area contributed by atoms with Gasteiger partial charge in [-0.3, -0.25) is 0 Å². The molecule has 1 heterocycles. The molecule has 0 spiro atoms. The molecule has 1 aromatic heterocycles. The zero-order valence-electron chi connectivity index (χ0n) is 11.4. The lowest BCUT2D eigenvalue weighted by atomic mass is 10.0. The maximum Gasteiger partial charge on any atom is 0.427 e. The molecule has 3 rings (SSSR count). The molecule has 0 radical (unpaired) electrons. The molecule has 114 valence electrons. The Balaban J connectivity index is 2.00. The van der Waals surface area contributed by atoms with Gasteiger partial charge in [-0.1, -0.05) is 42.5 Å². The fraction of sp³-hybridized carbons (Fsp3) is 0.188. The summed E-state index contributed by atoms with van der Waals surface area (Å²) >= 11 is 0. The molecule has 1 N–H and O–H groups in total. The predicted octanol–water partition coefficient (Wildman–Crippen LogP) is 4.73. The highest BCUT2D eigenvalue weighted by molar-refractivity contribution is 5.79. The third kappa shape index (κ3) is 2.81. The van der Waals surface area contributed by atoms with E-state index in [-0.39, 0.29) is 0 Å². The number of aromatic amines is 1. The number of H-pyrrole nitrogens is 1. The molecule has 0 aliphatic carbocycles. The highest BCUT2D eigenvalue weighted by atomic mass is 19.4. The Morgan fingerprint density at radius 3 is 2.41 bits per heavy atom. The minimum absolute atomic E-state index is 0.369. The van der Waals surface area contributed by atoms with E-state index in [4.69, 9.17) is 0 Å². The van der Waals surface area contributed by atoms with Crippen molar-refractivity contribution >= 4 is 11.0 Å². The molecule has 1 unspecified atom stereocenters. The lowest BCUT2D eigenvalue weighted by Crippen LogP contribution is -2.17. The van der Waals surface area contributed by atoms with Crippen LogP contribution in [0.3, 0.4) is 0 Å². The van der Waals surface area contributed by atoms with Crippen LogP contribution in [0, 0.1) is 0 Å². The summed E-state index contributed by atoms with van der Waals surface area (Å²) in [6.45, 7) is 0. The van der Waals surface area contributed by atoms with Gasteiger partial charge in [-0.05, 0) is 23.6 Å². The zero-order chi connectivity index (χ0) is 15.7. The van der Waals surface area contributed by atoms with Gasteiger partial charge in [-0.15, -0.1) is 0 Å². The third-order valence-electron chi connectivity index (χ3n) is 3.38. The third-order valence-corrected chi connectivity index (χ3v) is 3.38. The molecule has 0 saturated carbocycles. The van der Waals surface area contributed by atoms with E-state index in [1.54, 1.807) is 18.2 Å². The average Bonchev–Trinajstić information content (AvgIpc) is 2.91. The number of imidazole rings is 1. The molecule has 1 atom stereocenters. The van der Waals surface area contributed by atoms with E-state index in [9.17, 15) is 17.6 Å². The van der Waals surface area contributed by atoms with Gasteiger partial charge >= 0.3 is 6.18 Å². The SMILES string of the molecule is FC(c1nc2c(Cc3ccccc3)cccc2[nH]1)C(F)(F)F. The molecule has 2 nitrogen and oxygen atoms in total. The summed E-state index contributed by atoms with van der Waals surface area (Å²) in [5.74, 6) is -0.706. The second kappa shape index (κ2) is 5.44. The van der Waals surface area contributed by atoms with E-state index in [1.165, 1.54) is 0 Å². The number of hydrogen-bond donors (Lipinski definition) is 1. The van der Waals surface area contributed by atoms with E-state index in [0.717, 1.165) is 11.1 Å². The van der Waals surface area contributed by atoms with Crippen molar-refractivity contribution in [3.63, 3.8) is 0 Å². The maximum absolute atomic E-state index is 13.4. The van der Waals surface area contributed by atoms with E-state index in [1.807, 2.05) is 30.3 Å². The van der Waals surface area contributed by atoms with Crippen LogP contribution in [0.25, 0.3) is 11.0 Å². The highest BCUT2D eigenvalue weighted by Gasteiger charge is 2.43. The van der Waals surface area contributed by atoms with Gasteiger partial charge in [0.25, 0.3) is 6.17 Å². The number of aromatic nitrogens is 2. The fourth-order valence-corrected chi connectivity index (χ4v) is 2.34. The summed E-state index contributed by atoms with van der Waals surface area (Å²) in [7, 11) is 0. The minimum atomic E-state index is -4.96. The van der Waals surface area contributed by atoms with Crippen molar-refractivity contribution in [1.82, 2.24) is 9.97 Å². The molecule has 6 heteroatoms. The van der Waals surface area contributed by atoms with E-state index >= 15 is 0 Å². The van der Waals surface area contributed by atoms with Gasteiger partial charge < -0.3 is 4.98 Å². The lowest BCUT2D eigenvalue weighted by molar-refractivity contribution is -0.184. The van der Waals surface area contributed by atoms with Crippen LogP contribution in [0.15, 0.2) is 48.5 Å². The summed E-state index contributed by atoms with van der Waals surface area (Å²) in [5.41, 5.74) is 2.52. The number of nitrogens with one attached hydrogen (secondary N) is 1. The van der Waals surface area contributed by atoms with Crippen LogP contribution < -0.4 is 0 Å². The largest absolute Gasteiger partial charge is 0.427 e. The summed E-state index contributed by atoms with van der Waals surface area (Å²) in [4.78, 5) is 6.25. The van der Waals surface area contributed by atoms with Gasteiger partial charge in [0.05, 0.1) is 11.0 Å². The van der Waals surface area contributed by atoms with Crippen molar-refractivity contribution in [1.29, 1.82) is 0 Å². The minimum Gasteiger partial charge on any atom is -0.339 e. The van der Waals surface area contributed by atoms with Gasteiger partial charge in [-0.25, -0.2) is 9.37 Å². The summed E-state index contributed by atoms with van der Waals surface area (Å²) < 4.78 is 50.8. The normalized spacial score (nSPS) is 13.5. The maximum atomic E-state index is 13.4. The molecular formula is C16H12F4N2. The molecule has 0 bridgehead atoms. The predicted molar refractivity (Wildman–Crippen MR) is 75.2 cm³/mol. The van der Waals surface area contributed by atoms with Gasteiger partial charge in [0.2, 0.25) is 0 Å². The van der Waals surface area contributed by atoms with E-state index in [0.29, 0.717) is 17.5 Å². The number of halogens is 4. The molecule has 0 saturated heterocycles. The Bertz CT molecular complexity index is 778. The summed E-state index contributed by atoms with van der Waals surface area (Å²) in [6.07, 6.45) is -7.55. The number of benzene rings is 2. The van der Waals surface area contributed by atoms with Crippen molar-refractivity contribution in [2.24, 2.45) is 0 Å². The average molecular weight is 308 g/mol. The fourth-order valence-electron chi connectivity index (χ4n) is 2.34. The molecule has 3 aromatic rings. The molecule has 0 amide bonds. The quantitative estimate of drug-likeness (QED) is 0.696. The number of alkyl halides is 4. The molecule has 0 fully saturated rings. The van der Waals surface area contributed by atoms with Gasteiger partial charge in [0.1, 0.15) is 0 Å². The van der Waals surface area contributed by atoms with Gasteiger partial charge in [-0.2, -0.15) is 13.2 Å². The Kier molecular flexibility index (Phi) is 3.60. The van der Waals surface area contributed by atoms with Crippen molar-refractivity contribution in [3.8, 4) is 0 Å². The standard InChI is InChI=1S/C16H12F4N2/c17-14(16(18,19)20)15-21-12-8-4-7-11(13(12)22-15)9-10-5-2-1-3-6-10/h1-8,14H,9H2,(H,21,22). The Labute approximate surface area is 123 Å². The van der Waals surface area contributed by atoms with Crippen molar-refractivity contribution in [3.05, 3.63) is 65.5 Å². The highest BCUT2D eigenvalue weighted by Crippen LogP contribution is 2.35. The van der Waals surface area contributed by atoms with E-state index in [2.05, 4.69) is 9.97 Å². The first kappa shape index (κ1) is 14.6.